The number of hydrogen-bond acceptors (Lipinski definition) is 3. The van der Waals surface area contributed by atoms with Gasteiger partial charge in [-0.3, -0.25) is 0 Å². The van der Waals surface area contributed by atoms with E-state index in [4.69, 9.17) is 4.74 Å². The number of aliphatic hydroxyl groups is 1. The lowest BCUT2D eigenvalue weighted by molar-refractivity contribution is -0.0568. The Labute approximate surface area is 112 Å². The Kier molecular flexibility index (Phi) is 4.76. The number of carbonyl (C=O) groups is 1. The fourth-order valence-electron chi connectivity index (χ4n) is 2.17. The molecule has 1 rings (SSSR count). The van der Waals surface area contributed by atoms with Gasteiger partial charge in [-0.25, -0.2) is 13.6 Å². The summed E-state index contributed by atoms with van der Waals surface area (Å²) in [4.78, 5) is 13.3. The van der Waals surface area contributed by atoms with E-state index < -0.39 is 36.1 Å². The van der Waals surface area contributed by atoms with Crippen molar-refractivity contribution in [3.63, 3.8) is 0 Å². The maximum absolute atomic E-state index is 13.0. The summed E-state index contributed by atoms with van der Waals surface area (Å²) in [5, 5.41) is 9.75. The van der Waals surface area contributed by atoms with Crippen LogP contribution in [0.4, 0.5) is 13.6 Å². The largest absolute Gasteiger partial charge is 0.444 e. The molecule has 0 aliphatic carbocycles. The van der Waals surface area contributed by atoms with E-state index in [9.17, 15) is 18.7 Å². The predicted molar refractivity (Wildman–Crippen MR) is 67.2 cm³/mol. The summed E-state index contributed by atoms with van der Waals surface area (Å²) in [5.74, 6) is -3.45. The minimum absolute atomic E-state index is 0.111. The lowest BCUT2D eigenvalue weighted by Crippen LogP contribution is -2.48. The number of alkyl halides is 2. The SMILES string of the molecule is CC(F)(F)CC1CN(C(=O)OC(C)(C)C)CCC1O. The van der Waals surface area contributed by atoms with E-state index in [1.807, 2.05) is 0 Å². The van der Waals surface area contributed by atoms with Gasteiger partial charge in [0, 0.05) is 25.4 Å². The van der Waals surface area contributed by atoms with Gasteiger partial charge >= 0.3 is 6.09 Å². The highest BCUT2D eigenvalue weighted by atomic mass is 19.3. The fraction of sp³-hybridized carbons (Fsp3) is 0.923. The zero-order valence-electron chi connectivity index (χ0n) is 11.9. The Balaban J connectivity index is 2.61. The first-order chi connectivity index (χ1) is 8.48. The van der Waals surface area contributed by atoms with Crippen LogP contribution < -0.4 is 0 Å². The average molecular weight is 279 g/mol. The Morgan fingerprint density at radius 2 is 1.95 bits per heavy atom. The maximum Gasteiger partial charge on any atom is 0.410 e. The number of rotatable bonds is 2. The number of piperidine rings is 1. The molecule has 1 N–H and O–H groups in total. The van der Waals surface area contributed by atoms with Crippen LogP contribution >= 0.6 is 0 Å². The van der Waals surface area contributed by atoms with Crippen molar-refractivity contribution in [3.05, 3.63) is 0 Å². The van der Waals surface area contributed by atoms with Crippen LogP contribution in [0.25, 0.3) is 0 Å². The molecule has 0 radical (unpaired) electrons. The molecule has 1 heterocycles. The number of carbonyl (C=O) groups excluding carboxylic acids is 1. The van der Waals surface area contributed by atoms with Gasteiger partial charge in [-0.15, -0.1) is 0 Å². The molecule has 0 aromatic heterocycles. The Morgan fingerprint density at radius 1 is 1.37 bits per heavy atom. The molecule has 1 fully saturated rings. The molecule has 2 unspecified atom stereocenters. The third-order valence-corrected chi connectivity index (χ3v) is 2.97. The van der Waals surface area contributed by atoms with Crippen molar-refractivity contribution in [2.24, 2.45) is 5.92 Å². The van der Waals surface area contributed by atoms with Crippen molar-refractivity contribution < 1.29 is 23.4 Å². The highest BCUT2D eigenvalue weighted by Crippen LogP contribution is 2.29. The van der Waals surface area contributed by atoms with Crippen LogP contribution in [0.5, 0.6) is 0 Å². The number of ether oxygens (including phenoxy) is 1. The Morgan fingerprint density at radius 3 is 2.42 bits per heavy atom. The predicted octanol–water partition coefficient (Wildman–Crippen LogP) is 2.65. The highest BCUT2D eigenvalue weighted by Gasteiger charge is 2.37. The van der Waals surface area contributed by atoms with Crippen LogP contribution in [0, 0.1) is 5.92 Å². The molecule has 4 nitrogen and oxygen atoms in total. The van der Waals surface area contributed by atoms with Gasteiger partial charge in [0.25, 0.3) is 0 Å². The van der Waals surface area contributed by atoms with Crippen LogP contribution in [0.15, 0.2) is 0 Å². The third-order valence-electron chi connectivity index (χ3n) is 2.97. The van der Waals surface area contributed by atoms with Gasteiger partial charge in [-0.2, -0.15) is 0 Å². The molecule has 1 aliphatic rings. The average Bonchev–Trinajstić information content (AvgIpc) is 2.16. The summed E-state index contributed by atoms with van der Waals surface area (Å²) in [6, 6.07) is 0. The molecule has 0 aromatic rings. The van der Waals surface area contributed by atoms with Crippen LogP contribution in [0.2, 0.25) is 0 Å². The van der Waals surface area contributed by atoms with E-state index in [2.05, 4.69) is 0 Å². The van der Waals surface area contributed by atoms with Gasteiger partial charge in [0.2, 0.25) is 5.92 Å². The topological polar surface area (TPSA) is 49.8 Å². The zero-order chi connectivity index (χ0) is 14.8. The monoisotopic (exact) mass is 279 g/mol. The minimum atomic E-state index is -2.84. The van der Waals surface area contributed by atoms with Crippen molar-refractivity contribution >= 4 is 6.09 Å². The third kappa shape index (κ3) is 5.72. The first-order valence-corrected chi connectivity index (χ1v) is 6.52. The van der Waals surface area contributed by atoms with Gasteiger partial charge in [0.05, 0.1) is 6.10 Å². The van der Waals surface area contributed by atoms with Gasteiger partial charge in [0.1, 0.15) is 5.60 Å². The first-order valence-electron chi connectivity index (χ1n) is 6.52. The number of likely N-dealkylation sites (tertiary alicyclic amines) is 1. The maximum atomic E-state index is 13.0. The fourth-order valence-corrected chi connectivity index (χ4v) is 2.17. The second kappa shape index (κ2) is 5.61. The van der Waals surface area contributed by atoms with Crippen molar-refractivity contribution in [1.82, 2.24) is 4.90 Å². The summed E-state index contributed by atoms with van der Waals surface area (Å²) in [6.07, 6.45) is -1.42. The quantitative estimate of drug-likeness (QED) is 0.845. The Bertz CT molecular complexity index is 323. The molecule has 19 heavy (non-hydrogen) atoms. The standard InChI is InChI=1S/C13H23F2NO3/c1-12(2,3)19-11(18)16-6-5-10(17)9(8-16)7-13(4,14)15/h9-10,17H,5-8H2,1-4H3. The number of hydrogen-bond donors (Lipinski definition) is 1. The molecule has 0 aromatic carbocycles. The van der Waals surface area contributed by atoms with Crippen LogP contribution in [0.3, 0.4) is 0 Å². The first kappa shape index (κ1) is 16.1. The van der Waals surface area contributed by atoms with E-state index in [-0.39, 0.29) is 6.54 Å². The second-order valence-electron chi connectivity index (χ2n) is 6.32. The normalized spacial score (nSPS) is 25.3. The number of amides is 1. The molecule has 0 spiro atoms. The van der Waals surface area contributed by atoms with Gasteiger partial charge in [-0.1, -0.05) is 0 Å². The molecule has 2 atom stereocenters. The van der Waals surface area contributed by atoms with E-state index in [0.717, 1.165) is 6.92 Å². The lowest BCUT2D eigenvalue weighted by Gasteiger charge is -2.37. The second-order valence-corrected chi connectivity index (χ2v) is 6.32. The summed E-state index contributed by atoms with van der Waals surface area (Å²) >= 11 is 0. The zero-order valence-corrected chi connectivity index (χ0v) is 11.9. The van der Waals surface area contributed by atoms with Gasteiger partial charge in [0.15, 0.2) is 0 Å². The molecule has 1 saturated heterocycles. The van der Waals surface area contributed by atoms with E-state index in [1.165, 1.54) is 4.90 Å². The molecule has 0 saturated carbocycles. The van der Waals surface area contributed by atoms with E-state index >= 15 is 0 Å². The van der Waals surface area contributed by atoms with Gasteiger partial charge < -0.3 is 14.7 Å². The summed E-state index contributed by atoms with van der Waals surface area (Å²) < 4.78 is 31.3. The number of nitrogens with zero attached hydrogens (tertiary/aromatic N) is 1. The number of aliphatic hydroxyl groups excluding tert-OH is 1. The Hall–Kier alpha value is -0.910. The van der Waals surface area contributed by atoms with Crippen LogP contribution in [-0.4, -0.2) is 46.8 Å². The highest BCUT2D eigenvalue weighted by molar-refractivity contribution is 5.68. The molecule has 1 aliphatic heterocycles. The summed E-state index contributed by atoms with van der Waals surface area (Å²) in [7, 11) is 0. The molecule has 1 amide bonds. The molecule has 6 heteroatoms. The summed E-state index contributed by atoms with van der Waals surface area (Å²) in [5.41, 5.74) is -0.614. The van der Waals surface area contributed by atoms with Gasteiger partial charge in [-0.05, 0) is 34.1 Å². The lowest BCUT2D eigenvalue weighted by atomic mass is 9.90. The number of halogens is 2. The molecular weight excluding hydrogens is 256 g/mol. The molecule has 0 bridgehead atoms. The molecular formula is C13H23F2NO3. The smallest absolute Gasteiger partial charge is 0.410 e. The van der Waals surface area contributed by atoms with Crippen molar-refractivity contribution in [3.8, 4) is 0 Å². The van der Waals surface area contributed by atoms with Crippen molar-refractivity contribution in [1.29, 1.82) is 0 Å². The van der Waals surface area contributed by atoms with E-state index in [0.29, 0.717) is 13.0 Å². The summed E-state index contributed by atoms with van der Waals surface area (Å²) in [6.45, 7) is 6.53. The van der Waals surface area contributed by atoms with Crippen molar-refractivity contribution in [2.45, 2.75) is 58.2 Å². The van der Waals surface area contributed by atoms with Crippen LogP contribution in [0.1, 0.15) is 40.5 Å². The van der Waals surface area contributed by atoms with Crippen LogP contribution in [-0.2, 0) is 4.74 Å². The minimum Gasteiger partial charge on any atom is -0.444 e. The van der Waals surface area contributed by atoms with Crippen molar-refractivity contribution in [2.75, 3.05) is 13.1 Å². The molecule has 112 valence electrons. The van der Waals surface area contributed by atoms with E-state index in [1.54, 1.807) is 20.8 Å².